The molecule has 0 atom stereocenters. The maximum Gasteiger partial charge on any atom is 0.186 e. The van der Waals surface area contributed by atoms with Crippen molar-refractivity contribution < 1.29 is 4.52 Å². The summed E-state index contributed by atoms with van der Waals surface area (Å²) in [5.41, 5.74) is 7.86. The fraction of sp³-hybridized carbons (Fsp3) is 0.133. The van der Waals surface area contributed by atoms with Crippen LogP contribution in [0.2, 0.25) is 0 Å². The van der Waals surface area contributed by atoms with Crippen LogP contribution in [0.1, 0.15) is 11.8 Å². The molecule has 3 aromatic rings. The lowest BCUT2D eigenvalue weighted by atomic mass is 10.1. The Morgan fingerprint density at radius 1 is 1.16 bits per heavy atom. The van der Waals surface area contributed by atoms with Crippen LogP contribution in [0.5, 0.6) is 0 Å². The number of benzene rings is 1. The molecule has 3 rings (SSSR count). The van der Waals surface area contributed by atoms with Crippen molar-refractivity contribution in [3.05, 3.63) is 47.3 Å². The van der Waals surface area contributed by atoms with Crippen LogP contribution in [-0.2, 0) is 6.42 Å². The van der Waals surface area contributed by atoms with Gasteiger partial charge in [0.25, 0.3) is 0 Å². The third-order valence-electron chi connectivity index (χ3n) is 3.01. The van der Waals surface area contributed by atoms with Gasteiger partial charge in [0.15, 0.2) is 11.6 Å². The van der Waals surface area contributed by atoms with Gasteiger partial charge in [-0.15, -0.1) is 11.3 Å². The van der Waals surface area contributed by atoms with Gasteiger partial charge >= 0.3 is 0 Å². The molecule has 0 amide bonds. The Hall–Kier alpha value is -2.07. The average Bonchev–Trinajstić information content (AvgIpc) is 3.05. The van der Waals surface area contributed by atoms with Gasteiger partial charge in [-0.3, -0.25) is 0 Å². The van der Waals surface area contributed by atoms with Crippen LogP contribution < -0.4 is 5.73 Å². The van der Waals surface area contributed by atoms with Crippen LogP contribution in [-0.4, -0.2) is 5.16 Å². The van der Waals surface area contributed by atoms with Crippen LogP contribution >= 0.6 is 11.3 Å². The predicted octanol–water partition coefficient (Wildman–Crippen LogP) is 4.21. The topological polar surface area (TPSA) is 52.0 Å². The van der Waals surface area contributed by atoms with Crippen LogP contribution in [0.15, 0.2) is 47.0 Å². The lowest BCUT2D eigenvalue weighted by Crippen LogP contribution is -1.87. The Balaban J connectivity index is 2.13. The van der Waals surface area contributed by atoms with E-state index in [9.17, 15) is 0 Å². The zero-order chi connectivity index (χ0) is 13.2. The number of hydrogen-bond acceptors (Lipinski definition) is 4. The first-order valence-electron chi connectivity index (χ1n) is 6.19. The minimum atomic E-state index is 0.438. The zero-order valence-electron chi connectivity index (χ0n) is 10.6. The molecule has 2 heterocycles. The van der Waals surface area contributed by atoms with Gasteiger partial charge in [-0.25, -0.2) is 0 Å². The lowest BCUT2D eigenvalue weighted by Gasteiger charge is -2.00. The van der Waals surface area contributed by atoms with Gasteiger partial charge < -0.3 is 10.3 Å². The maximum absolute atomic E-state index is 5.95. The zero-order valence-corrected chi connectivity index (χ0v) is 11.4. The number of nitrogens with zero attached hydrogens (tertiary/aromatic N) is 1. The van der Waals surface area contributed by atoms with Crippen molar-refractivity contribution in [2.45, 2.75) is 13.3 Å². The number of thiophene rings is 1. The molecule has 0 fully saturated rings. The van der Waals surface area contributed by atoms with Crippen molar-refractivity contribution in [2.24, 2.45) is 0 Å². The highest BCUT2D eigenvalue weighted by molar-refractivity contribution is 7.15. The molecule has 0 unspecified atom stereocenters. The van der Waals surface area contributed by atoms with E-state index < -0.39 is 0 Å². The van der Waals surface area contributed by atoms with Crippen molar-refractivity contribution >= 4 is 17.2 Å². The van der Waals surface area contributed by atoms with Gasteiger partial charge in [-0.05, 0) is 24.1 Å². The average molecular weight is 270 g/mol. The van der Waals surface area contributed by atoms with E-state index >= 15 is 0 Å². The summed E-state index contributed by atoms with van der Waals surface area (Å²) in [5, 5.41) is 3.91. The Labute approximate surface area is 115 Å². The van der Waals surface area contributed by atoms with E-state index in [1.165, 1.54) is 4.88 Å². The second kappa shape index (κ2) is 4.90. The Morgan fingerprint density at radius 2 is 1.95 bits per heavy atom. The molecule has 3 nitrogen and oxygen atoms in total. The molecule has 0 spiro atoms. The van der Waals surface area contributed by atoms with Crippen molar-refractivity contribution in [3.8, 4) is 21.8 Å². The summed E-state index contributed by atoms with van der Waals surface area (Å²) in [6, 6.07) is 14.2. The largest absolute Gasteiger partial charge is 0.380 e. The summed E-state index contributed by atoms with van der Waals surface area (Å²) in [6.07, 6.45) is 1.02. The van der Waals surface area contributed by atoms with E-state index in [0.29, 0.717) is 5.82 Å². The summed E-state index contributed by atoms with van der Waals surface area (Å²) in [4.78, 5) is 2.39. The third kappa shape index (κ3) is 2.15. The smallest absolute Gasteiger partial charge is 0.186 e. The number of hydrogen-bond donors (Lipinski definition) is 1. The number of rotatable bonds is 3. The highest BCUT2D eigenvalue weighted by Crippen LogP contribution is 2.39. The molecule has 1 aromatic carbocycles. The van der Waals surface area contributed by atoms with E-state index in [4.69, 9.17) is 10.3 Å². The van der Waals surface area contributed by atoms with Crippen LogP contribution in [0.25, 0.3) is 21.8 Å². The summed E-state index contributed by atoms with van der Waals surface area (Å²) in [6.45, 7) is 2.14. The third-order valence-corrected chi connectivity index (χ3v) is 4.24. The quantitative estimate of drug-likeness (QED) is 0.775. The standard InChI is InChI=1S/C15H14N2OS/c1-2-11-8-9-12(19-11)14-13(15(16)17-18-14)10-6-4-3-5-7-10/h3-9H,2H2,1H3,(H2,16,17). The molecule has 0 aliphatic rings. The highest BCUT2D eigenvalue weighted by atomic mass is 32.1. The summed E-state index contributed by atoms with van der Waals surface area (Å²) in [5.74, 6) is 1.20. The number of nitrogen functional groups attached to an aromatic ring is 1. The number of aromatic nitrogens is 1. The normalized spacial score (nSPS) is 10.8. The van der Waals surface area contributed by atoms with E-state index in [0.717, 1.165) is 28.2 Å². The second-order valence-electron chi connectivity index (χ2n) is 4.26. The van der Waals surface area contributed by atoms with Crippen LogP contribution in [0, 0.1) is 0 Å². The molecular formula is C15H14N2OS. The molecule has 19 heavy (non-hydrogen) atoms. The van der Waals surface area contributed by atoms with E-state index in [-0.39, 0.29) is 0 Å². The fourth-order valence-electron chi connectivity index (χ4n) is 2.04. The van der Waals surface area contributed by atoms with Crippen molar-refractivity contribution in [2.75, 3.05) is 5.73 Å². The van der Waals surface area contributed by atoms with Gasteiger partial charge in [-0.1, -0.05) is 42.4 Å². The van der Waals surface area contributed by atoms with Gasteiger partial charge in [0, 0.05) is 4.88 Å². The minimum absolute atomic E-state index is 0.438. The van der Waals surface area contributed by atoms with Gasteiger partial charge in [-0.2, -0.15) is 0 Å². The molecule has 4 heteroatoms. The van der Waals surface area contributed by atoms with Crippen molar-refractivity contribution in [1.82, 2.24) is 5.16 Å². The summed E-state index contributed by atoms with van der Waals surface area (Å²) in [7, 11) is 0. The first-order chi connectivity index (χ1) is 9.29. The van der Waals surface area contributed by atoms with Crippen LogP contribution in [0.3, 0.4) is 0 Å². The van der Waals surface area contributed by atoms with Crippen molar-refractivity contribution in [1.29, 1.82) is 0 Å². The first kappa shape index (κ1) is 12.0. The molecule has 0 aliphatic heterocycles. The van der Waals surface area contributed by atoms with Gasteiger partial charge in [0.1, 0.15) is 0 Å². The highest BCUT2D eigenvalue weighted by Gasteiger charge is 2.18. The van der Waals surface area contributed by atoms with Gasteiger partial charge in [0.2, 0.25) is 0 Å². The number of aryl methyl sites for hydroxylation is 1. The number of anilines is 1. The molecule has 0 saturated carbocycles. The van der Waals surface area contributed by atoms with E-state index in [2.05, 4.69) is 24.2 Å². The maximum atomic E-state index is 5.95. The molecule has 96 valence electrons. The molecule has 2 aromatic heterocycles. The summed E-state index contributed by atoms with van der Waals surface area (Å²) < 4.78 is 5.43. The SMILES string of the molecule is CCc1ccc(-c2onc(N)c2-c2ccccc2)s1. The molecular weight excluding hydrogens is 256 g/mol. The van der Waals surface area contributed by atoms with Gasteiger partial charge in [0.05, 0.1) is 10.4 Å². The molecule has 0 aliphatic carbocycles. The molecule has 0 saturated heterocycles. The van der Waals surface area contributed by atoms with E-state index in [1.54, 1.807) is 11.3 Å². The molecule has 2 N–H and O–H groups in total. The number of nitrogens with two attached hydrogens (primary N) is 1. The Bertz CT molecular complexity index is 685. The Morgan fingerprint density at radius 3 is 2.63 bits per heavy atom. The minimum Gasteiger partial charge on any atom is -0.380 e. The summed E-state index contributed by atoms with van der Waals surface area (Å²) >= 11 is 1.72. The fourth-order valence-corrected chi connectivity index (χ4v) is 2.98. The van der Waals surface area contributed by atoms with Crippen LogP contribution in [0.4, 0.5) is 5.82 Å². The first-order valence-corrected chi connectivity index (χ1v) is 7.01. The Kier molecular flexibility index (Phi) is 3.09. The predicted molar refractivity (Wildman–Crippen MR) is 79.0 cm³/mol. The van der Waals surface area contributed by atoms with Crippen molar-refractivity contribution in [3.63, 3.8) is 0 Å². The van der Waals surface area contributed by atoms with E-state index in [1.807, 2.05) is 30.3 Å². The lowest BCUT2D eigenvalue weighted by molar-refractivity contribution is 0.437. The molecule has 0 radical (unpaired) electrons. The monoisotopic (exact) mass is 270 g/mol. The second-order valence-corrected chi connectivity index (χ2v) is 5.43. The molecule has 0 bridgehead atoms.